The summed E-state index contributed by atoms with van der Waals surface area (Å²) in [6.07, 6.45) is 9.32. The second-order valence-corrected chi connectivity index (χ2v) is 7.35. The zero-order valence-corrected chi connectivity index (χ0v) is 15.9. The summed E-state index contributed by atoms with van der Waals surface area (Å²) in [6, 6.07) is 8.27. The van der Waals surface area contributed by atoms with E-state index in [1.54, 1.807) is 18.2 Å². The molecule has 3 rings (SSSR count). The molecule has 26 heavy (non-hydrogen) atoms. The van der Waals surface area contributed by atoms with Gasteiger partial charge < -0.3 is 15.4 Å². The molecule has 0 spiro atoms. The van der Waals surface area contributed by atoms with Crippen LogP contribution in [0.4, 0.5) is 9.18 Å². The van der Waals surface area contributed by atoms with Crippen molar-refractivity contribution in [3.05, 3.63) is 36.1 Å². The standard InChI is InChI=1S/C15H28N2O2.C6H5F/c1-12(13-6-3-2-4-7-13)17-11-9-14(8-5-10-16)19-15(17)18;7-6-4-2-1-3-5-6/h12-14H,2-11,16H2,1H3;1-5H. The van der Waals surface area contributed by atoms with Crippen LogP contribution in [0.1, 0.15) is 58.3 Å². The minimum Gasteiger partial charge on any atom is -0.446 e. The third-order valence-corrected chi connectivity index (χ3v) is 5.48. The lowest BCUT2D eigenvalue weighted by atomic mass is 9.84. The van der Waals surface area contributed by atoms with Gasteiger partial charge in [-0.2, -0.15) is 0 Å². The number of nitrogens with zero attached hydrogens (tertiary/aromatic N) is 1. The molecule has 0 radical (unpaired) electrons. The number of ether oxygens (including phenoxy) is 1. The first-order valence-electron chi connectivity index (χ1n) is 9.99. The minimum absolute atomic E-state index is 0.0888. The number of cyclic esters (lactones) is 1. The van der Waals surface area contributed by atoms with Gasteiger partial charge in [0.25, 0.3) is 0 Å². The van der Waals surface area contributed by atoms with E-state index in [0.29, 0.717) is 18.5 Å². The maximum Gasteiger partial charge on any atom is 0.410 e. The van der Waals surface area contributed by atoms with Gasteiger partial charge >= 0.3 is 6.09 Å². The lowest BCUT2D eigenvalue weighted by Gasteiger charge is -2.40. The van der Waals surface area contributed by atoms with E-state index < -0.39 is 0 Å². The molecule has 5 heteroatoms. The van der Waals surface area contributed by atoms with Crippen molar-refractivity contribution in [2.45, 2.75) is 70.4 Å². The minimum atomic E-state index is -0.178. The topological polar surface area (TPSA) is 55.6 Å². The van der Waals surface area contributed by atoms with Crippen molar-refractivity contribution >= 4 is 6.09 Å². The summed E-state index contributed by atoms with van der Waals surface area (Å²) < 4.78 is 17.5. The molecule has 1 amide bonds. The molecule has 0 aromatic heterocycles. The highest BCUT2D eigenvalue weighted by Crippen LogP contribution is 2.30. The quantitative estimate of drug-likeness (QED) is 0.822. The van der Waals surface area contributed by atoms with Crippen LogP contribution in [0.3, 0.4) is 0 Å². The number of benzene rings is 1. The highest BCUT2D eigenvalue weighted by molar-refractivity contribution is 5.69. The van der Waals surface area contributed by atoms with Crippen LogP contribution < -0.4 is 5.73 Å². The van der Waals surface area contributed by atoms with Crippen molar-refractivity contribution in [1.82, 2.24) is 4.90 Å². The predicted molar refractivity (Wildman–Crippen MR) is 102 cm³/mol. The summed E-state index contributed by atoms with van der Waals surface area (Å²) in [5.74, 6) is 0.490. The molecule has 146 valence electrons. The third kappa shape index (κ3) is 6.60. The largest absolute Gasteiger partial charge is 0.446 e. The van der Waals surface area contributed by atoms with Crippen LogP contribution in [0.25, 0.3) is 0 Å². The Labute approximate surface area is 156 Å². The van der Waals surface area contributed by atoms with Crippen molar-refractivity contribution in [3.63, 3.8) is 0 Å². The van der Waals surface area contributed by atoms with Gasteiger partial charge in [-0.1, -0.05) is 37.5 Å². The van der Waals surface area contributed by atoms with Gasteiger partial charge in [0.2, 0.25) is 0 Å². The lowest BCUT2D eigenvalue weighted by molar-refractivity contribution is -0.00139. The van der Waals surface area contributed by atoms with Gasteiger partial charge in [0.05, 0.1) is 0 Å². The van der Waals surface area contributed by atoms with Crippen LogP contribution in [-0.2, 0) is 4.74 Å². The average molecular weight is 365 g/mol. The molecule has 2 N–H and O–H groups in total. The zero-order valence-electron chi connectivity index (χ0n) is 15.9. The summed E-state index contributed by atoms with van der Waals surface area (Å²) in [5.41, 5.74) is 5.50. The smallest absolute Gasteiger partial charge is 0.410 e. The van der Waals surface area contributed by atoms with Crippen molar-refractivity contribution < 1.29 is 13.9 Å². The van der Waals surface area contributed by atoms with Gasteiger partial charge in [0.15, 0.2) is 0 Å². The Morgan fingerprint density at radius 2 is 1.88 bits per heavy atom. The summed E-state index contributed by atoms with van der Waals surface area (Å²) in [4.78, 5) is 14.1. The first-order valence-corrected chi connectivity index (χ1v) is 9.99. The van der Waals surface area contributed by atoms with E-state index in [9.17, 15) is 9.18 Å². The second kappa shape index (κ2) is 11.2. The molecule has 1 aromatic rings. The van der Waals surface area contributed by atoms with Gasteiger partial charge in [0.1, 0.15) is 11.9 Å². The molecule has 4 nitrogen and oxygen atoms in total. The maximum atomic E-state index is 12.1. The number of carbonyl (C=O) groups is 1. The van der Waals surface area contributed by atoms with Crippen LogP contribution in [0.2, 0.25) is 0 Å². The molecular formula is C21H33FN2O2. The number of rotatable bonds is 5. The highest BCUT2D eigenvalue weighted by Gasteiger charge is 2.33. The number of nitrogens with two attached hydrogens (primary N) is 1. The number of hydrogen-bond acceptors (Lipinski definition) is 3. The molecule has 1 aliphatic heterocycles. The van der Waals surface area contributed by atoms with E-state index in [4.69, 9.17) is 10.5 Å². The van der Waals surface area contributed by atoms with E-state index >= 15 is 0 Å². The normalized spacial score (nSPS) is 22.2. The maximum absolute atomic E-state index is 12.1. The number of carbonyl (C=O) groups excluding carboxylic acids is 1. The van der Waals surface area contributed by atoms with Crippen LogP contribution >= 0.6 is 0 Å². The fourth-order valence-electron chi connectivity index (χ4n) is 3.85. The molecule has 1 aromatic carbocycles. The van der Waals surface area contributed by atoms with E-state index in [0.717, 1.165) is 25.8 Å². The van der Waals surface area contributed by atoms with Crippen molar-refractivity contribution in [1.29, 1.82) is 0 Å². The summed E-state index contributed by atoms with van der Waals surface area (Å²) in [6.45, 7) is 3.72. The SMILES string of the molecule is CC(C1CCCCC1)N1CCC(CCCN)OC1=O.Fc1ccccc1. The number of amides is 1. The Hall–Kier alpha value is -1.62. The zero-order chi connectivity index (χ0) is 18.8. The summed E-state index contributed by atoms with van der Waals surface area (Å²) in [5, 5.41) is 0. The first kappa shape index (κ1) is 20.7. The van der Waals surface area contributed by atoms with Crippen LogP contribution in [0.5, 0.6) is 0 Å². The molecule has 2 aliphatic rings. The number of halogens is 1. The van der Waals surface area contributed by atoms with Crippen molar-refractivity contribution in [2.24, 2.45) is 11.7 Å². The Morgan fingerprint density at radius 1 is 1.19 bits per heavy atom. The fraction of sp³-hybridized carbons (Fsp3) is 0.667. The second-order valence-electron chi connectivity index (χ2n) is 7.35. The average Bonchev–Trinajstić information content (AvgIpc) is 2.68. The third-order valence-electron chi connectivity index (χ3n) is 5.48. The molecule has 2 unspecified atom stereocenters. The van der Waals surface area contributed by atoms with Crippen LogP contribution in [0.15, 0.2) is 30.3 Å². The van der Waals surface area contributed by atoms with Gasteiger partial charge in [-0.15, -0.1) is 0 Å². The van der Waals surface area contributed by atoms with Crippen LogP contribution in [0, 0.1) is 11.7 Å². The molecule has 2 atom stereocenters. The molecule has 1 aliphatic carbocycles. The Kier molecular flexibility index (Phi) is 8.89. The fourth-order valence-corrected chi connectivity index (χ4v) is 3.85. The monoisotopic (exact) mass is 364 g/mol. The van der Waals surface area contributed by atoms with Crippen molar-refractivity contribution in [3.8, 4) is 0 Å². The van der Waals surface area contributed by atoms with Crippen molar-refractivity contribution in [2.75, 3.05) is 13.1 Å². The molecule has 1 saturated carbocycles. The van der Waals surface area contributed by atoms with Crippen LogP contribution in [-0.4, -0.2) is 36.2 Å². The molecule has 1 heterocycles. The van der Waals surface area contributed by atoms with E-state index in [1.165, 1.54) is 44.2 Å². The summed E-state index contributed by atoms with van der Waals surface area (Å²) >= 11 is 0. The molecule has 1 saturated heterocycles. The number of hydrogen-bond donors (Lipinski definition) is 1. The highest BCUT2D eigenvalue weighted by atomic mass is 19.1. The molecular weight excluding hydrogens is 331 g/mol. The van der Waals surface area contributed by atoms with Gasteiger partial charge in [-0.05, 0) is 57.2 Å². The lowest BCUT2D eigenvalue weighted by Crippen LogP contribution is -2.49. The van der Waals surface area contributed by atoms with Gasteiger partial charge in [-0.3, -0.25) is 0 Å². The predicted octanol–water partition coefficient (Wildman–Crippen LogP) is 4.73. The first-order chi connectivity index (χ1) is 12.6. The Bertz CT molecular complexity index is 520. The molecule has 2 fully saturated rings. The summed E-state index contributed by atoms with van der Waals surface area (Å²) in [7, 11) is 0. The van der Waals surface area contributed by atoms with E-state index in [-0.39, 0.29) is 18.0 Å². The molecule has 0 bridgehead atoms. The van der Waals surface area contributed by atoms with Gasteiger partial charge in [-0.25, -0.2) is 9.18 Å². The van der Waals surface area contributed by atoms with E-state index in [1.807, 2.05) is 4.90 Å². The van der Waals surface area contributed by atoms with E-state index in [2.05, 4.69) is 6.92 Å². The Balaban J connectivity index is 0.000000290. The Morgan fingerprint density at radius 3 is 2.42 bits per heavy atom. The van der Waals surface area contributed by atoms with Gasteiger partial charge in [0, 0.05) is 19.0 Å².